The third kappa shape index (κ3) is 5.31. The Balaban J connectivity index is 1.44. The first-order valence-electron chi connectivity index (χ1n) is 11.9. The number of anilines is 1. The van der Waals surface area contributed by atoms with E-state index in [4.69, 9.17) is 26.3 Å². The monoisotopic (exact) mass is 462 g/mol. The summed E-state index contributed by atoms with van der Waals surface area (Å²) in [4.78, 5) is 14.7. The van der Waals surface area contributed by atoms with Gasteiger partial charge >= 0.3 is 0 Å². The third-order valence-electron chi connectivity index (χ3n) is 6.69. The van der Waals surface area contributed by atoms with Crippen molar-refractivity contribution in [3.63, 3.8) is 0 Å². The Kier molecular flexibility index (Phi) is 6.52. The number of rotatable bonds is 5. The smallest absolute Gasteiger partial charge is 0.228 e. The van der Waals surface area contributed by atoms with Gasteiger partial charge in [-0.3, -0.25) is 4.90 Å². The lowest BCUT2D eigenvalue weighted by atomic mass is 9.99. The number of fused-ring (bicyclic) bond motifs is 1. The van der Waals surface area contributed by atoms with Gasteiger partial charge in [-0.15, -0.1) is 0 Å². The number of piperidine rings is 1. The van der Waals surface area contributed by atoms with Gasteiger partial charge in [0.05, 0.1) is 11.3 Å². The lowest BCUT2D eigenvalue weighted by molar-refractivity contribution is 0.238. The Bertz CT molecular complexity index is 1110. The number of halogens is 1. The molecular weight excluding hydrogens is 432 g/mol. The predicted octanol–water partition coefficient (Wildman–Crippen LogP) is 6.03. The maximum atomic E-state index is 6.38. The summed E-state index contributed by atoms with van der Waals surface area (Å²) in [5.41, 5.74) is 4.64. The molecule has 5 rings (SSSR count). The lowest BCUT2D eigenvalue weighted by Gasteiger charge is -2.33. The highest BCUT2D eigenvalue weighted by Crippen LogP contribution is 2.33. The normalized spacial score (nSPS) is 17.1. The first-order valence-corrected chi connectivity index (χ1v) is 12.3. The molecule has 0 atom stereocenters. The van der Waals surface area contributed by atoms with Gasteiger partial charge in [0.15, 0.2) is 0 Å². The molecule has 1 fully saturated rings. The van der Waals surface area contributed by atoms with Crippen molar-refractivity contribution in [2.45, 2.75) is 46.2 Å². The summed E-state index contributed by atoms with van der Waals surface area (Å²) in [7, 11) is 0. The predicted molar refractivity (Wildman–Crippen MR) is 133 cm³/mol. The molecule has 6 heteroatoms. The molecule has 2 aromatic carbocycles. The average Bonchev–Trinajstić information content (AvgIpc) is 2.81. The van der Waals surface area contributed by atoms with Crippen LogP contribution in [0.25, 0.3) is 0 Å². The average molecular weight is 463 g/mol. The largest absolute Gasteiger partial charge is 0.439 e. The fourth-order valence-electron chi connectivity index (χ4n) is 4.61. The highest BCUT2D eigenvalue weighted by atomic mass is 35.5. The van der Waals surface area contributed by atoms with Crippen LogP contribution in [0.2, 0.25) is 5.02 Å². The van der Waals surface area contributed by atoms with Gasteiger partial charge in [-0.25, -0.2) is 4.98 Å². The summed E-state index contributed by atoms with van der Waals surface area (Å²) in [5.74, 6) is 3.08. The minimum atomic E-state index is 0.688. The molecule has 0 radical (unpaired) electrons. The standard InChI is InChI=1S/C27H31ClN4O/c1-19-6-8-23(9-7-19)33-26-24-18-31(17-21-4-3-5-22(28)16-21)13-12-25(24)29-27(30-26)32-14-10-20(2)11-15-32/h3-9,16,20H,10-15,17-18H2,1-2H3. The first-order chi connectivity index (χ1) is 16.0. The Morgan fingerprint density at radius 3 is 2.58 bits per heavy atom. The van der Waals surface area contributed by atoms with E-state index in [1.807, 2.05) is 30.3 Å². The van der Waals surface area contributed by atoms with Crippen molar-refractivity contribution in [3.8, 4) is 11.6 Å². The molecule has 0 N–H and O–H groups in total. The Labute approximate surface area is 201 Å². The molecule has 172 valence electrons. The van der Waals surface area contributed by atoms with Gasteiger partial charge < -0.3 is 9.64 Å². The highest BCUT2D eigenvalue weighted by molar-refractivity contribution is 6.30. The van der Waals surface area contributed by atoms with E-state index in [0.717, 1.165) is 73.0 Å². The SMILES string of the molecule is Cc1ccc(Oc2nc(N3CCC(C)CC3)nc3c2CN(Cc2cccc(Cl)c2)CC3)cc1. The molecule has 0 spiro atoms. The molecule has 0 bridgehead atoms. The minimum Gasteiger partial charge on any atom is -0.439 e. The molecule has 1 aromatic heterocycles. The Morgan fingerprint density at radius 1 is 1.03 bits per heavy atom. The molecule has 1 saturated heterocycles. The van der Waals surface area contributed by atoms with Crippen LogP contribution in [0.5, 0.6) is 11.6 Å². The van der Waals surface area contributed by atoms with E-state index < -0.39 is 0 Å². The number of aromatic nitrogens is 2. The summed E-state index contributed by atoms with van der Waals surface area (Å²) < 4.78 is 6.38. The zero-order valence-electron chi connectivity index (χ0n) is 19.4. The molecule has 0 aliphatic carbocycles. The molecule has 5 nitrogen and oxygen atoms in total. The van der Waals surface area contributed by atoms with Crippen molar-refractivity contribution < 1.29 is 4.74 Å². The van der Waals surface area contributed by atoms with E-state index >= 15 is 0 Å². The number of benzene rings is 2. The van der Waals surface area contributed by atoms with E-state index in [0.29, 0.717) is 5.88 Å². The number of hydrogen-bond acceptors (Lipinski definition) is 5. The van der Waals surface area contributed by atoms with Crippen LogP contribution < -0.4 is 9.64 Å². The van der Waals surface area contributed by atoms with Crippen LogP contribution >= 0.6 is 11.6 Å². The van der Waals surface area contributed by atoms with E-state index in [1.165, 1.54) is 24.0 Å². The van der Waals surface area contributed by atoms with E-state index in [1.54, 1.807) is 0 Å². The first kappa shape index (κ1) is 22.2. The van der Waals surface area contributed by atoms with Gasteiger partial charge in [-0.1, -0.05) is 48.4 Å². The van der Waals surface area contributed by atoms with Crippen molar-refractivity contribution >= 4 is 17.5 Å². The van der Waals surface area contributed by atoms with Gasteiger partial charge in [-0.2, -0.15) is 4.98 Å². The van der Waals surface area contributed by atoms with Gasteiger partial charge in [-0.05, 0) is 55.5 Å². The second-order valence-corrected chi connectivity index (χ2v) is 9.87. The van der Waals surface area contributed by atoms with E-state index in [-0.39, 0.29) is 0 Å². The third-order valence-corrected chi connectivity index (χ3v) is 6.92. The summed E-state index contributed by atoms with van der Waals surface area (Å²) in [6.07, 6.45) is 3.25. The highest BCUT2D eigenvalue weighted by Gasteiger charge is 2.27. The Hall–Kier alpha value is -2.63. The van der Waals surface area contributed by atoms with Crippen molar-refractivity contribution in [2.75, 3.05) is 24.5 Å². The molecule has 3 aromatic rings. The van der Waals surface area contributed by atoms with Gasteiger partial charge in [0, 0.05) is 44.2 Å². The number of hydrogen-bond donors (Lipinski definition) is 0. The molecule has 0 amide bonds. The maximum Gasteiger partial charge on any atom is 0.228 e. The van der Waals surface area contributed by atoms with Crippen LogP contribution in [0.15, 0.2) is 48.5 Å². The summed E-state index contributed by atoms with van der Waals surface area (Å²) in [6, 6.07) is 16.3. The van der Waals surface area contributed by atoms with E-state index in [9.17, 15) is 0 Å². The van der Waals surface area contributed by atoms with Crippen LogP contribution in [-0.2, 0) is 19.5 Å². The molecule has 0 saturated carbocycles. The van der Waals surface area contributed by atoms with Crippen molar-refractivity contribution in [1.82, 2.24) is 14.9 Å². The fourth-order valence-corrected chi connectivity index (χ4v) is 4.82. The van der Waals surface area contributed by atoms with Gasteiger partial charge in [0.2, 0.25) is 11.8 Å². The van der Waals surface area contributed by atoms with Crippen LogP contribution in [0.1, 0.15) is 42.1 Å². The van der Waals surface area contributed by atoms with Crippen LogP contribution in [0.3, 0.4) is 0 Å². The van der Waals surface area contributed by atoms with Crippen molar-refractivity contribution in [3.05, 3.63) is 75.9 Å². The quantitative estimate of drug-likeness (QED) is 0.463. The topological polar surface area (TPSA) is 41.5 Å². The van der Waals surface area contributed by atoms with Crippen molar-refractivity contribution in [1.29, 1.82) is 0 Å². The lowest BCUT2D eigenvalue weighted by Crippen LogP contribution is -2.36. The maximum absolute atomic E-state index is 6.38. The molecule has 3 heterocycles. The van der Waals surface area contributed by atoms with Gasteiger partial charge in [0.25, 0.3) is 0 Å². The number of aryl methyl sites for hydroxylation is 1. The van der Waals surface area contributed by atoms with Crippen molar-refractivity contribution in [2.24, 2.45) is 5.92 Å². The molecule has 2 aliphatic rings. The summed E-state index contributed by atoms with van der Waals surface area (Å²) in [6.45, 7) is 8.98. The van der Waals surface area contributed by atoms with Crippen LogP contribution in [0.4, 0.5) is 5.95 Å². The summed E-state index contributed by atoms with van der Waals surface area (Å²) in [5, 5.41) is 0.775. The molecular formula is C27H31ClN4O. The number of ether oxygens (including phenoxy) is 1. The van der Waals surface area contributed by atoms with Gasteiger partial charge in [0.1, 0.15) is 5.75 Å². The molecule has 2 aliphatic heterocycles. The second-order valence-electron chi connectivity index (χ2n) is 9.43. The zero-order valence-corrected chi connectivity index (χ0v) is 20.2. The molecule has 33 heavy (non-hydrogen) atoms. The minimum absolute atomic E-state index is 0.688. The van der Waals surface area contributed by atoms with Crippen LogP contribution in [0, 0.1) is 12.8 Å². The zero-order chi connectivity index (χ0) is 22.8. The summed E-state index contributed by atoms with van der Waals surface area (Å²) >= 11 is 6.21. The molecule has 0 unspecified atom stereocenters. The number of nitrogens with zero attached hydrogens (tertiary/aromatic N) is 4. The van der Waals surface area contributed by atoms with Crippen LogP contribution in [-0.4, -0.2) is 34.5 Å². The second kappa shape index (κ2) is 9.70. The Morgan fingerprint density at radius 2 is 1.82 bits per heavy atom. The fraction of sp³-hybridized carbons (Fsp3) is 0.407. The van der Waals surface area contributed by atoms with E-state index in [2.05, 4.69) is 41.8 Å².